The molecule has 2 aromatic carbocycles. The Morgan fingerprint density at radius 1 is 0.947 bits per heavy atom. The average Bonchev–Trinajstić information content (AvgIpc) is 2.91. The number of anilines is 2. The van der Waals surface area contributed by atoms with Crippen molar-refractivity contribution in [1.82, 2.24) is 10.6 Å². The van der Waals surface area contributed by atoms with Crippen LogP contribution in [0.5, 0.6) is 0 Å². The monoisotopic (exact) mass is 571 g/mol. The van der Waals surface area contributed by atoms with Crippen molar-refractivity contribution in [3.63, 3.8) is 0 Å². The number of benzene rings is 2. The largest absolute Gasteiger partial charge is 0.465 e. The predicted molar refractivity (Wildman–Crippen MR) is 150 cm³/mol. The molecule has 210 valence electrons. The minimum atomic E-state index is -0.859. The molecule has 0 radical (unpaired) electrons. The first-order valence-electron chi connectivity index (χ1n) is 12.5. The minimum absolute atomic E-state index is 0.0427. The van der Waals surface area contributed by atoms with Crippen LogP contribution in [0.2, 0.25) is 10.0 Å². The van der Waals surface area contributed by atoms with Gasteiger partial charge in [0.2, 0.25) is 0 Å². The SMILES string of the molecule is COC(=O)c1cc(F)c(NCCCNCCCCNCCCN)cc1NC(=O)OCc1cccc(Cl)c1Cl. The molecule has 6 N–H and O–H groups in total. The minimum Gasteiger partial charge on any atom is -0.465 e. The van der Waals surface area contributed by atoms with Gasteiger partial charge in [0.1, 0.15) is 12.4 Å². The van der Waals surface area contributed by atoms with E-state index in [1.54, 1.807) is 18.2 Å². The summed E-state index contributed by atoms with van der Waals surface area (Å²) in [5, 5.41) is 12.8. The van der Waals surface area contributed by atoms with Crippen LogP contribution in [-0.4, -0.2) is 58.4 Å². The van der Waals surface area contributed by atoms with E-state index < -0.39 is 17.9 Å². The molecule has 2 aromatic rings. The molecule has 1 amide bonds. The maximum Gasteiger partial charge on any atom is 0.411 e. The third-order valence-corrected chi connectivity index (χ3v) is 6.36. The second-order valence-corrected chi connectivity index (χ2v) is 9.20. The summed E-state index contributed by atoms with van der Waals surface area (Å²) in [6, 6.07) is 7.30. The highest BCUT2D eigenvalue weighted by atomic mass is 35.5. The van der Waals surface area contributed by atoms with Gasteiger partial charge in [0.15, 0.2) is 0 Å². The van der Waals surface area contributed by atoms with Gasteiger partial charge in [-0.25, -0.2) is 14.0 Å². The highest BCUT2D eigenvalue weighted by Gasteiger charge is 2.19. The third kappa shape index (κ3) is 11.0. The number of nitrogens with one attached hydrogen (secondary N) is 4. The topological polar surface area (TPSA) is 127 Å². The van der Waals surface area contributed by atoms with Crippen molar-refractivity contribution in [1.29, 1.82) is 0 Å². The molecule has 0 aromatic heterocycles. The maximum atomic E-state index is 14.7. The van der Waals surface area contributed by atoms with Crippen LogP contribution in [0.15, 0.2) is 30.3 Å². The molecule has 9 nitrogen and oxygen atoms in total. The molecule has 0 aliphatic carbocycles. The summed E-state index contributed by atoms with van der Waals surface area (Å²) in [6.07, 6.45) is 3.01. The van der Waals surface area contributed by atoms with Gasteiger partial charge in [-0.15, -0.1) is 0 Å². The molecule has 0 atom stereocenters. The Morgan fingerprint density at radius 2 is 1.63 bits per heavy atom. The number of carbonyl (C=O) groups is 2. The van der Waals surface area contributed by atoms with Crippen molar-refractivity contribution in [2.24, 2.45) is 5.73 Å². The number of ether oxygens (including phenoxy) is 2. The molecular formula is C26H36Cl2FN5O4. The average molecular weight is 573 g/mol. The summed E-state index contributed by atoms with van der Waals surface area (Å²) in [5.41, 5.74) is 6.00. The van der Waals surface area contributed by atoms with Gasteiger partial charge in [0, 0.05) is 12.1 Å². The number of esters is 1. The number of rotatable bonds is 17. The van der Waals surface area contributed by atoms with Gasteiger partial charge >= 0.3 is 12.1 Å². The second kappa shape index (κ2) is 17.8. The van der Waals surface area contributed by atoms with Gasteiger partial charge in [0.25, 0.3) is 0 Å². The summed E-state index contributed by atoms with van der Waals surface area (Å²) in [4.78, 5) is 24.6. The highest BCUT2D eigenvalue weighted by molar-refractivity contribution is 6.42. The Morgan fingerprint density at radius 3 is 2.32 bits per heavy atom. The molecule has 0 unspecified atom stereocenters. The zero-order chi connectivity index (χ0) is 27.8. The van der Waals surface area contributed by atoms with Crippen LogP contribution in [0.3, 0.4) is 0 Å². The van der Waals surface area contributed by atoms with Crippen LogP contribution in [0.25, 0.3) is 0 Å². The van der Waals surface area contributed by atoms with Gasteiger partial charge in [-0.2, -0.15) is 0 Å². The Bertz CT molecular complexity index is 1040. The first kappa shape index (κ1) is 31.6. The third-order valence-electron chi connectivity index (χ3n) is 5.50. The van der Waals surface area contributed by atoms with E-state index in [2.05, 4.69) is 21.3 Å². The molecule has 0 aliphatic rings. The van der Waals surface area contributed by atoms with Crippen LogP contribution in [-0.2, 0) is 16.1 Å². The number of amides is 1. The number of nitrogens with two attached hydrogens (primary N) is 1. The zero-order valence-electron chi connectivity index (χ0n) is 21.5. The van der Waals surface area contributed by atoms with Gasteiger partial charge in [-0.3, -0.25) is 5.32 Å². The van der Waals surface area contributed by atoms with E-state index in [9.17, 15) is 14.0 Å². The molecule has 0 spiro atoms. The Balaban J connectivity index is 1.85. The van der Waals surface area contributed by atoms with Gasteiger partial charge in [0.05, 0.1) is 34.1 Å². The fourth-order valence-electron chi connectivity index (χ4n) is 3.45. The van der Waals surface area contributed by atoms with Crippen LogP contribution in [0.4, 0.5) is 20.6 Å². The molecule has 0 saturated carbocycles. The Hall–Kier alpha value is -2.63. The molecule has 12 heteroatoms. The van der Waals surface area contributed by atoms with Crippen molar-refractivity contribution in [2.45, 2.75) is 32.3 Å². The highest BCUT2D eigenvalue weighted by Crippen LogP contribution is 2.27. The van der Waals surface area contributed by atoms with E-state index in [0.717, 1.165) is 57.9 Å². The summed E-state index contributed by atoms with van der Waals surface area (Å²) in [6.45, 7) is 4.62. The van der Waals surface area contributed by atoms with Crippen molar-refractivity contribution < 1.29 is 23.5 Å². The quantitative estimate of drug-likeness (QED) is 0.136. The number of hydrogen-bond acceptors (Lipinski definition) is 8. The number of hydrogen-bond donors (Lipinski definition) is 5. The lowest BCUT2D eigenvalue weighted by Crippen LogP contribution is -2.22. The van der Waals surface area contributed by atoms with Crippen LogP contribution in [0, 0.1) is 5.82 Å². The lowest BCUT2D eigenvalue weighted by Gasteiger charge is -2.15. The zero-order valence-corrected chi connectivity index (χ0v) is 23.0. The van der Waals surface area contributed by atoms with E-state index in [1.165, 1.54) is 13.2 Å². The first-order chi connectivity index (χ1) is 18.4. The molecule has 38 heavy (non-hydrogen) atoms. The van der Waals surface area contributed by atoms with E-state index in [1.807, 2.05) is 0 Å². The fraction of sp³-hybridized carbons (Fsp3) is 0.462. The Kier molecular flexibility index (Phi) is 14.8. The van der Waals surface area contributed by atoms with Crippen LogP contribution >= 0.6 is 23.2 Å². The molecule has 2 rings (SSSR count). The maximum absolute atomic E-state index is 14.7. The summed E-state index contributed by atoms with van der Waals surface area (Å²) in [5.74, 6) is -1.45. The summed E-state index contributed by atoms with van der Waals surface area (Å²) in [7, 11) is 1.17. The molecule has 0 fully saturated rings. The summed E-state index contributed by atoms with van der Waals surface area (Å²) < 4.78 is 24.6. The number of unbranched alkanes of at least 4 members (excludes halogenated alkanes) is 1. The standard InChI is InChI=1S/C26H36Cl2FN5O4/c1-37-25(35)19-15-21(29)23(33-14-6-13-32-11-3-2-10-31-12-5-9-30)16-22(19)34-26(36)38-17-18-7-4-8-20(27)24(18)28/h4,7-8,15-16,31-33H,2-3,5-6,9-14,17,30H2,1H3,(H,34,36). The van der Waals surface area contributed by atoms with Gasteiger partial charge in [-0.1, -0.05) is 35.3 Å². The van der Waals surface area contributed by atoms with E-state index in [0.29, 0.717) is 23.7 Å². The lowest BCUT2D eigenvalue weighted by molar-refractivity contribution is 0.0601. The van der Waals surface area contributed by atoms with E-state index in [-0.39, 0.29) is 28.6 Å². The molecule has 0 saturated heterocycles. The second-order valence-electron chi connectivity index (χ2n) is 8.41. The first-order valence-corrected chi connectivity index (χ1v) is 13.3. The number of halogens is 3. The van der Waals surface area contributed by atoms with Gasteiger partial charge < -0.3 is 31.2 Å². The molecule has 0 heterocycles. The smallest absolute Gasteiger partial charge is 0.411 e. The molecule has 0 bridgehead atoms. The van der Waals surface area contributed by atoms with E-state index in [4.69, 9.17) is 38.4 Å². The lowest BCUT2D eigenvalue weighted by atomic mass is 10.1. The normalized spacial score (nSPS) is 10.8. The van der Waals surface area contributed by atoms with Crippen LogP contribution < -0.4 is 27.0 Å². The van der Waals surface area contributed by atoms with Crippen molar-refractivity contribution in [3.05, 3.63) is 57.3 Å². The molecular weight excluding hydrogens is 536 g/mol. The van der Waals surface area contributed by atoms with Gasteiger partial charge in [-0.05, 0) is 76.6 Å². The summed E-state index contributed by atoms with van der Waals surface area (Å²) >= 11 is 12.1. The fourth-order valence-corrected chi connectivity index (χ4v) is 3.83. The van der Waals surface area contributed by atoms with Crippen LogP contribution in [0.1, 0.15) is 41.6 Å². The van der Waals surface area contributed by atoms with E-state index >= 15 is 0 Å². The molecule has 0 aliphatic heterocycles. The number of carbonyl (C=O) groups excluding carboxylic acids is 2. The van der Waals surface area contributed by atoms with Crippen molar-refractivity contribution >= 4 is 46.6 Å². The van der Waals surface area contributed by atoms with Crippen molar-refractivity contribution in [2.75, 3.05) is 57.0 Å². The predicted octanol–water partition coefficient (Wildman–Crippen LogP) is 4.78. The van der Waals surface area contributed by atoms with Crippen molar-refractivity contribution in [3.8, 4) is 0 Å². The number of methoxy groups -OCH3 is 1. The Labute approximate surface area is 232 Å².